The SMILES string of the molecule is Cl.O=C1N[C@H](c2c(Cl)ccc(Cl)c2F)C(F)(F)CO1. The summed E-state index contributed by atoms with van der Waals surface area (Å²) in [5.41, 5.74) is -0.550. The van der Waals surface area contributed by atoms with E-state index < -0.39 is 36.0 Å². The highest BCUT2D eigenvalue weighted by Crippen LogP contribution is 2.40. The first kappa shape index (κ1) is 16.2. The van der Waals surface area contributed by atoms with E-state index in [-0.39, 0.29) is 22.5 Å². The van der Waals surface area contributed by atoms with Crippen LogP contribution in [0.2, 0.25) is 10.0 Å². The molecule has 1 fully saturated rings. The van der Waals surface area contributed by atoms with Gasteiger partial charge in [-0.2, -0.15) is 0 Å². The predicted octanol–water partition coefficient (Wildman–Crippen LogP) is 3.97. The molecule has 0 radical (unpaired) electrons. The second-order valence-corrected chi connectivity index (χ2v) is 4.49. The second kappa shape index (κ2) is 5.64. The van der Waals surface area contributed by atoms with Gasteiger partial charge < -0.3 is 10.1 Å². The van der Waals surface area contributed by atoms with Crippen LogP contribution in [0, 0.1) is 5.82 Å². The molecule has 1 aromatic rings. The summed E-state index contributed by atoms with van der Waals surface area (Å²) in [5, 5.41) is 1.24. The van der Waals surface area contributed by atoms with Gasteiger partial charge >= 0.3 is 12.0 Å². The first-order chi connectivity index (χ1) is 8.33. The molecule has 3 nitrogen and oxygen atoms in total. The number of cyclic esters (lactones) is 1. The van der Waals surface area contributed by atoms with Gasteiger partial charge in [0, 0.05) is 10.6 Å². The van der Waals surface area contributed by atoms with Crippen LogP contribution in [0.25, 0.3) is 0 Å². The monoisotopic (exact) mass is 335 g/mol. The lowest BCUT2D eigenvalue weighted by Gasteiger charge is -2.32. The lowest BCUT2D eigenvalue weighted by molar-refractivity contribution is -0.104. The van der Waals surface area contributed by atoms with Crippen molar-refractivity contribution in [3.63, 3.8) is 0 Å². The van der Waals surface area contributed by atoms with Gasteiger partial charge in [-0.05, 0) is 12.1 Å². The van der Waals surface area contributed by atoms with Gasteiger partial charge in [-0.25, -0.2) is 18.0 Å². The normalized spacial score (nSPS) is 21.1. The summed E-state index contributed by atoms with van der Waals surface area (Å²) in [4.78, 5) is 11.0. The average Bonchev–Trinajstić information content (AvgIpc) is 2.29. The molecule has 1 saturated heterocycles. The molecule has 0 bridgehead atoms. The van der Waals surface area contributed by atoms with Gasteiger partial charge in [-0.3, -0.25) is 0 Å². The Morgan fingerprint density at radius 1 is 1.32 bits per heavy atom. The van der Waals surface area contributed by atoms with Crippen molar-refractivity contribution in [2.75, 3.05) is 6.61 Å². The fraction of sp³-hybridized carbons (Fsp3) is 0.300. The number of amides is 1. The van der Waals surface area contributed by atoms with Crippen LogP contribution in [-0.4, -0.2) is 18.6 Å². The van der Waals surface area contributed by atoms with Crippen molar-refractivity contribution < 1.29 is 22.7 Å². The number of benzene rings is 1. The van der Waals surface area contributed by atoms with Crippen LogP contribution in [-0.2, 0) is 4.74 Å². The van der Waals surface area contributed by atoms with Crippen molar-refractivity contribution in [3.05, 3.63) is 33.6 Å². The Bertz CT molecular complexity index is 513. The quantitative estimate of drug-likeness (QED) is 0.788. The Kier molecular flexibility index (Phi) is 4.81. The van der Waals surface area contributed by atoms with Crippen LogP contribution >= 0.6 is 35.6 Å². The maximum absolute atomic E-state index is 13.8. The Balaban J connectivity index is 0.00000180. The fourth-order valence-electron chi connectivity index (χ4n) is 1.60. The summed E-state index contributed by atoms with van der Waals surface area (Å²) in [7, 11) is 0. The number of alkyl halides is 2. The van der Waals surface area contributed by atoms with Crippen LogP contribution in [0.15, 0.2) is 12.1 Å². The van der Waals surface area contributed by atoms with Gasteiger partial charge in [0.2, 0.25) is 0 Å². The van der Waals surface area contributed by atoms with E-state index in [0.29, 0.717) is 0 Å². The van der Waals surface area contributed by atoms with E-state index in [1.165, 1.54) is 6.07 Å². The molecule has 0 aliphatic carbocycles. The zero-order valence-electron chi connectivity index (χ0n) is 9.05. The van der Waals surface area contributed by atoms with Crippen LogP contribution in [0.3, 0.4) is 0 Å². The minimum Gasteiger partial charge on any atom is -0.443 e. The van der Waals surface area contributed by atoms with E-state index in [1.807, 2.05) is 5.32 Å². The summed E-state index contributed by atoms with van der Waals surface area (Å²) in [6.07, 6.45) is -1.07. The maximum atomic E-state index is 13.8. The molecule has 1 atom stereocenters. The van der Waals surface area contributed by atoms with Gasteiger partial charge in [0.25, 0.3) is 0 Å². The van der Waals surface area contributed by atoms with Crippen LogP contribution in [0.5, 0.6) is 0 Å². The van der Waals surface area contributed by atoms with E-state index in [2.05, 4.69) is 4.74 Å². The predicted molar refractivity (Wildman–Crippen MR) is 65.8 cm³/mol. The van der Waals surface area contributed by atoms with Gasteiger partial charge in [-0.1, -0.05) is 23.2 Å². The topological polar surface area (TPSA) is 38.3 Å². The zero-order valence-corrected chi connectivity index (χ0v) is 11.4. The number of carbonyl (C=O) groups is 1. The molecule has 1 N–H and O–H groups in total. The third-order valence-corrected chi connectivity index (χ3v) is 3.07. The van der Waals surface area contributed by atoms with E-state index in [1.54, 1.807) is 0 Å². The summed E-state index contributed by atoms with van der Waals surface area (Å²) in [6.45, 7) is -1.15. The highest BCUT2D eigenvalue weighted by Gasteiger charge is 2.48. The summed E-state index contributed by atoms with van der Waals surface area (Å²) >= 11 is 11.2. The van der Waals surface area contributed by atoms with Crippen molar-refractivity contribution in [1.29, 1.82) is 0 Å². The number of halogens is 6. The number of carbonyl (C=O) groups excluding carboxylic acids is 1. The molecular formula is C10H7Cl3F3NO2. The third kappa shape index (κ3) is 3.01. The molecule has 106 valence electrons. The minimum absolute atomic E-state index is 0. The molecular weight excluding hydrogens is 329 g/mol. The first-order valence-corrected chi connectivity index (χ1v) is 5.53. The molecule has 1 amide bonds. The number of hydrogen-bond acceptors (Lipinski definition) is 2. The van der Waals surface area contributed by atoms with Crippen molar-refractivity contribution in [1.82, 2.24) is 5.32 Å². The number of rotatable bonds is 1. The van der Waals surface area contributed by atoms with Gasteiger partial charge in [0.05, 0.1) is 5.02 Å². The molecule has 9 heteroatoms. The second-order valence-electron chi connectivity index (χ2n) is 3.67. The number of alkyl carbamates (subject to hydrolysis) is 1. The van der Waals surface area contributed by atoms with E-state index in [0.717, 1.165) is 6.07 Å². The minimum atomic E-state index is -3.48. The number of nitrogens with one attached hydrogen (secondary N) is 1. The van der Waals surface area contributed by atoms with E-state index in [9.17, 15) is 18.0 Å². The first-order valence-electron chi connectivity index (χ1n) is 4.77. The van der Waals surface area contributed by atoms with Gasteiger partial charge in [0.15, 0.2) is 6.61 Å². The van der Waals surface area contributed by atoms with E-state index in [4.69, 9.17) is 23.2 Å². The molecule has 0 unspecified atom stereocenters. The molecule has 1 aliphatic heterocycles. The molecule has 1 heterocycles. The maximum Gasteiger partial charge on any atom is 0.408 e. The molecule has 1 aromatic carbocycles. The lowest BCUT2D eigenvalue weighted by atomic mass is 9.99. The van der Waals surface area contributed by atoms with Crippen LogP contribution in [0.1, 0.15) is 11.6 Å². The number of ether oxygens (including phenoxy) is 1. The van der Waals surface area contributed by atoms with Crippen LogP contribution < -0.4 is 5.32 Å². The third-order valence-electron chi connectivity index (χ3n) is 2.45. The molecule has 0 spiro atoms. The molecule has 0 saturated carbocycles. The molecule has 2 rings (SSSR count). The van der Waals surface area contributed by atoms with Crippen molar-refractivity contribution in [2.45, 2.75) is 12.0 Å². The largest absolute Gasteiger partial charge is 0.443 e. The van der Waals surface area contributed by atoms with Gasteiger partial charge in [0.1, 0.15) is 11.9 Å². The standard InChI is InChI=1S/C10H6Cl2F3NO2.ClH/c11-4-1-2-5(12)7(13)6(4)8-10(14,15)3-18-9(17)16-8;/h1-2,8H,3H2,(H,16,17);1H/t8-;/m1./s1. The van der Waals surface area contributed by atoms with Crippen molar-refractivity contribution in [2.24, 2.45) is 0 Å². The summed E-state index contributed by atoms with van der Waals surface area (Å²) in [6, 6.07) is 0.409. The highest BCUT2D eigenvalue weighted by atomic mass is 35.5. The Hall–Kier alpha value is -0.850. The smallest absolute Gasteiger partial charge is 0.408 e. The molecule has 1 aliphatic rings. The van der Waals surface area contributed by atoms with E-state index >= 15 is 0 Å². The Morgan fingerprint density at radius 2 is 1.89 bits per heavy atom. The fourth-order valence-corrected chi connectivity index (χ4v) is 2.02. The average molecular weight is 337 g/mol. The Labute approximate surface area is 122 Å². The van der Waals surface area contributed by atoms with Gasteiger partial charge in [-0.15, -0.1) is 12.4 Å². The molecule has 0 aromatic heterocycles. The van der Waals surface area contributed by atoms with Crippen molar-refractivity contribution >= 4 is 41.7 Å². The highest BCUT2D eigenvalue weighted by molar-refractivity contribution is 6.33. The zero-order chi connectivity index (χ0) is 13.5. The lowest BCUT2D eigenvalue weighted by Crippen LogP contribution is -2.50. The number of hydrogen-bond donors (Lipinski definition) is 1. The van der Waals surface area contributed by atoms with Crippen LogP contribution in [0.4, 0.5) is 18.0 Å². The molecule has 19 heavy (non-hydrogen) atoms. The van der Waals surface area contributed by atoms with Crippen molar-refractivity contribution in [3.8, 4) is 0 Å². The Morgan fingerprint density at radius 3 is 2.53 bits per heavy atom. The summed E-state index contributed by atoms with van der Waals surface area (Å²) in [5.74, 6) is -4.57. The summed E-state index contributed by atoms with van der Waals surface area (Å²) < 4.78 is 45.2.